The maximum atomic E-state index is 6.08. The van der Waals surface area contributed by atoms with Gasteiger partial charge in [-0.25, -0.2) is 9.97 Å². The van der Waals surface area contributed by atoms with Crippen LogP contribution in [0.15, 0.2) is 6.20 Å². The second kappa shape index (κ2) is 4.74. The van der Waals surface area contributed by atoms with E-state index in [1.807, 2.05) is 6.92 Å². The van der Waals surface area contributed by atoms with Crippen LogP contribution in [0.1, 0.15) is 32.2 Å². The number of rotatable bonds is 3. The van der Waals surface area contributed by atoms with E-state index >= 15 is 0 Å². The zero-order chi connectivity index (χ0) is 13.3. The molecule has 0 aliphatic rings. The third kappa shape index (κ3) is 3.51. The van der Waals surface area contributed by atoms with Crippen LogP contribution in [0.3, 0.4) is 0 Å². The van der Waals surface area contributed by atoms with Gasteiger partial charge in [-0.15, -0.1) is 0 Å². The van der Waals surface area contributed by atoms with Crippen LogP contribution in [-0.2, 0) is 11.0 Å². The topological polar surface area (TPSA) is 61.0 Å². The SMILES string of the molecule is Cc1ncc(CO[Si](C)(C)C(C)(C)C)c(N)n1. The Labute approximate surface area is 105 Å². The summed E-state index contributed by atoms with van der Waals surface area (Å²) < 4.78 is 6.08. The predicted octanol–water partition coefficient (Wildman–Crippen LogP) is 2.89. The molecular weight excluding hydrogens is 230 g/mol. The Morgan fingerprint density at radius 1 is 1.35 bits per heavy atom. The van der Waals surface area contributed by atoms with E-state index in [1.54, 1.807) is 6.20 Å². The molecule has 1 aromatic rings. The van der Waals surface area contributed by atoms with Crippen LogP contribution in [0.4, 0.5) is 5.82 Å². The summed E-state index contributed by atoms with van der Waals surface area (Å²) in [6.07, 6.45) is 1.75. The highest BCUT2D eigenvalue weighted by Gasteiger charge is 2.37. The van der Waals surface area contributed by atoms with E-state index in [2.05, 4.69) is 43.8 Å². The number of anilines is 1. The molecular formula is C12H23N3OSi. The molecule has 1 heterocycles. The zero-order valence-corrected chi connectivity index (χ0v) is 12.7. The molecule has 0 aliphatic carbocycles. The van der Waals surface area contributed by atoms with E-state index in [0.717, 1.165) is 5.56 Å². The molecule has 0 unspecified atom stereocenters. The summed E-state index contributed by atoms with van der Waals surface area (Å²) in [5.74, 6) is 1.22. The van der Waals surface area contributed by atoms with Crippen molar-refractivity contribution in [2.45, 2.75) is 52.4 Å². The lowest BCUT2D eigenvalue weighted by atomic mass is 10.2. The fourth-order valence-corrected chi connectivity index (χ4v) is 2.05. The van der Waals surface area contributed by atoms with Crippen LogP contribution in [0, 0.1) is 6.92 Å². The van der Waals surface area contributed by atoms with Crippen molar-refractivity contribution in [2.24, 2.45) is 0 Å². The molecule has 0 amide bonds. The summed E-state index contributed by atoms with van der Waals surface area (Å²) >= 11 is 0. The zero-order valence-electron chi connectivity index (χ0n) is 11.7. The molecule has 0 bridgehead atoms. The van der Waals surface area contributed by atoms with E-state index in [1.165, 1.54) is 0 Å². The summed E-state index contributed by atoms with van der Waals surface area (Å²) in [6.45, 7) is 13.4. The molecule has 2 N–H and O–H groups in total. The molecule has 4 nitrogen and oxygen atoms in total. The Kier molecular flexibility index (Phi) is 3.94. The first kappa shape index (κ1) is 14.1. The fourth-order valence-electron chi connectivity index (χ4n) is 1.10. The second-order valence-corrected chi connectivity index (χ2v) is 10.7. The Morgan fingerprint density at radius 3 is 2.41 bits per heavy atom. The predicted molar refractivity (Wildman–Crippen MR) is 73.2 cm³/mol. The van der Waals surface area contributed by atoms with Crippen LogP contribution in [0.2, 0.25) is 18.1 Å². The Hall–Kier alpha value is -0.943. The number of nitrogens with zero attached hydrogens (tertiary/aromatic N) is 2. The van der Waals surface area contributed by atoms with Crippen molar-refractivity contribution < 1.29 is 4.43 Å². The molecule has 0 atom stereocenters. The Balaban J connectivity index is 2.74. The van der Waals surface area contributed by atoms with Crippen molar-refractivity contribution in [1.82, 2.24) is 9.97 Å². The smallest absolute Gasteiger partial charge is 0.192 e. The van der Waals surface area contributed by atoms with Crippen molar-refractivity contribution in [2.75, 3.05) is 5.73 Å². The molecule has 96 valence electrons. The first-order chi connectivity index (χ1) is 7.63. The quantitative estimate of drug-likeness (QED) is 0.841. The Bertz CT molecular complexity index is 399. The highest BCUT2D eigenvalue weighted by Crippen LogP contribution is 2.37. The van der Waals surface area contributed by atoms with E-state index in [9.17, 15) is 0 Å². The van der Waals surface area contributed by atoms with Gasteiger partial charge in [-0.3, -0.25) is 0 Å². The van der Waals surface area contributed by atoms with Gasteiger partial charge in [0.15, 0.2) is 8.32 Å². The van der Waals surface area contributed by atoms with Crippen molar-refractivity contribution in [3.8, 4) is 0 Å². The van der Waals surface area contributed by atoms with Crippen LogP contribution in [-0.4, -0.2) is 18.3 Å². The van der Waals surface area contributed by atoms with Gasteiger partial charge in [0.05, 0.1) is 6.61 Å². The van der Waals surface area contributed by atoms with Crippen molar-refractivity contribution >= 4 is 14.1 Å². The average Bonchev–Trinajstić information content (AvgIpc) is 2.14. The summed E-state index contributed by atoms with van der Waals surface area (Å²) in [4.78, 5) is 8.29. The van der Waals surface area contributed by atoms with Gasteiger partial charge < -0.3 is 10.2 Å². The van der Waals surface area contributed by atoms with Gasteiger partial charge in [0.2, 0.25) is 0 Å². The number of aromatic nitrogens is 2. The third-order valence-electron chi connectivity index (χ3n) is 3.41. The maximum absolute atomic E-state index is 6.08. The lowest BCUT2D eigenvalue weighted by Gasteiger charge is -2.36. The van der Waals surface area contributed by atoms with Crippen LogP contribution < -0.4 is 5.73 Å². The normalized spacial score (nSPS) is 12.8. The van der Waals surface area contributed by atoms with Crippen molar-refractivity contribution in [1.29, 1.82) is 0 Å². The lowest BCUT2D eigenvalue weighted by molar-refractivity contribution is 0.276. The summed E-state index contributed by atoms with van der Waals surface area (Å²) in [7, 11) is -1.74. The second-order valence-electron chi connectivity index (χ2n) is 5.88. The molecule has 0 saturated carbocycles. The number of aryl methyl sites for hydroxylation is 1. The number of nitrogens with two attached hydrogens (primary N) is 1. The molecule has 0 saturated heterocycles. The minimum absolute atomic E-state index is 0.202. The van der Waals surface area contributed by atoms with Gasteiger partial charge in [-0.1, -0.05) is 20.8 Å². The maximum Gasteiger partial charge on any atom is 0.192 e. The first-order valence-corrected chi connectivity index (χ1v) is 8.76. The molecule has 1 rings (SSSR count). The highest BCUT2D eigenvalue weighted by molar-refractivity contribution is 6.74. The molecule has 17 heavy (non-hydrogen) atoms. The first-order valence-electron chi connectivity index (χ1n) is 5.85. The van der Waals surface area contributed by atoms with Crippen molar-refractivity contribution in [3.05, 3.63) is 17.6 Å². The fraction of sp³-hybridized carbons (Fsp3) is 0.667. The van der Waals surface area contributed by atoms with Gasteiger partial charge in [0.25, 0.3) is 0 Å². The molecule has 0 aliphatic heterocycles. The van der Waals surface area contributed by atoms with E-state index in [4.69, 9.17) is 10.2 Å². The minimum Gasteiger partial charge on any atom is -0.412 e. The molecule has 1 aromatic heterocycles. The van der Waals surface area contributed by atoms with Crippen LogP contribution in [0.5, 0.6) is 0 Å². The third-order valence-corrected chi connectivity index (χ3v) is 7.89. The van der Waals surface area contributed by atoms with Crippen LogP contribution >= 0.6 is 0 Å². The average molecular weight is 253 g/mol. The number of hydrogen-bond acceptors (Lipinski definition) is 4. The lowest BCUT2D eigenvalue weighted by Crippen LogP contribution is -2.40. The van der Waals surface area contributed by atoms with Gasteiger partial charge in [0.1, 0.15) is 11.6 Å². The molecule has 0 spiro atoms. The van der Waals surface area contributed by atoms with Gasteiger partial charge >= 0.3 is 0 Å². The monoisotopic (exact) mass is 253 g/mol. The van der Waals surface area contributed by atoms with Gasteiger partial charge in [0, 0.05) is 11.8 Å². The largest absolute Gasteiger partial charge is 0.412 e. The van der Waals surface area contributed by atoms with Crippen LogP contribution in [0.25, 0.3) is 0 Å². The minimum atomic E-state index is -1.74. The molecule has 0 fully saturated rings. The van der Waals surface area contributed by atoms with Gasteiger partial charge in [-0.05, 0) is 25.1 Å². The summed E-state index contributed by atoms with van der Waals surface area (Å²) in [5.41, 5.74) is 6.72. The molecule has 0 aromatic carbocycles. The Morgan fingerprint density at radius 2 is 1.94 bits per heavy atom. The molecule has 5 heteroatoms. The number of hydrogen-bond donors (Lipinski definition) is 1. The summed E-state index contributed by atoms with van der Waals surface area (Å²) in [6, 6.07) is 0. The van der Waals surface area contributed by atoms with E-state index < -0.39 is 8.32 Å². The summed E-state index contributed by atoms with van der Waals surface area (Å²) in [5, 5.41) is 0.202. The number of nitrogen functional groups attached to an aromatic ring is 1. The van der Waals surface area contributed by atoms with Gasteiger partial charge in [-0.2, -0.15) is 0 Å². The van der Waals surface area contributed by atoms with Crippen molar-refractivity contribution in [3.63, 3.8) is 0 Å². The van der Waals surface area contributed by atoms with E-state index in [-0.39, 0.29) is 5.04 Å². The standard InChI is InChI=1S/C12H23N3OSi/c1-9-14-7-10(11(13)15-9)8-16-17(5,6)12(2,3)4/h7H,8H2,1-6H3,(H2,13,14,15). The molecule has 0 radical (unpaired) electrons. The van der Waals surface area contributed by atoms with E-state index in [0.29, 0.717) is 18.2 Å². The highest BCUT2D eigenvalue weighted by atomic mass is 28.4.